The van der Waals surface area contributed by atoms with Crippen LogP contribution < -0.4 is 16.0 Å². The summed E-state index contributed by atoms with van der Waals surface area (Å²) in [5.41, 5.74) is -3.13. The number of aromatic nitrogens is 2. The van der Waals surface area contributed by atoms with Crippen molar-refractivity contribution in [2.24, 2.45) is 5.92 Å². The quantitative estimate of drug-likeness (QED) is 0.299. The van der Waals surface area contributed by atoms with Gasteiger partial charge in [-0.2, -0.15) is 26.3 Å². The molecule has 0 saturated heterocycles. The molecule has 3 N–H and O–H groups in total. The van der Waals surface area contributed by atoms with E-state index in [9.17, 15) is 35.9 Å². The molecule has 0 radical (unpaired) electrons. The fourth-order valence-electron chi connectivity index (χ4n) is 3.19. The molecule has 3 amide bonds. The van der Waals surface area contributed by atoms with E-state index in [1.165, 1.54) is 0 Å². The molecule has 0 fully saturated rings. The highest BCUT2D eigenvalue weighted by Gasteiger charge is 2.37. The number of benzene rings is 2. The number of urea groups is 1. The second-order valence-corrected chi connectivity index (χ2v) is 9.00. The molecule has 0 aliphatic heterocycles. The molecule has 0 spiro atoms. The summed E-state index contributed by atoms with van der Waals surface area (Å²) in [5, 5.41) is 15.4. The number of hydrogen-bond donors (Lipinski definition) is 3. The third-order valence-corrected chi connectivity index (χ3v) is 6.19. The summed E-state index contributed by atoms with van der Waals surface area (Å²) >= 11 is 1.08. The topological polar surface area (TPSA) is 96.0 Å². The number of nitrogens with zero attached hydrogens (tertiary/aromatic N) is 2. The molecule has 14 heteroatoms. The zero-order chi connectivity index (χ0) is 27.4. The Hall–Kier alpha value is -3.68. The van der Waals surface area contributed by atoms with E-state index < -0.39 is 53.1 Å². The monoisotopic (exact) mass is 545 g/mol. The summed E-state index contributed by atoms with van der Waals surface area (Å²) < 4.78 is 78.6. The van der Waals surface area contributed by atoms with E-state index in [1.54, 1.807) is 38.1 Å². The first kappa shape index (κ1) is 27.9. The average molecular weight is 546 g/mol. The van der Waals surface area contributed by atoms with E-state index in [0.29, 0.717) is 23.6 Å². The van der Waals surface area contributed by atoms with Gasteiger partial charge in [-0.25, -0.2) is 4.79 Å². The SMILES string of the molecule is CC[C@@H](C)[C@@H](NC(=O)Nc1cc(C(F)(F)F)cc(C(F)(F)F)c1)C(=O)Nc1nnc(-c2ccccc2)s1. The van der Waals surface area contributed by atoms with E-state index in [0.717, 1.165) is 16.9 Å². The van der Waals surface area contributed by atoms with Crippen molar-refractivity contribution >= 4 is 34.1 Å². The Bertz CT molecular complexity index is 1210. The minimum atomic E-state index is -5.08. The molecule has 0 aliphatic carbocycles. The van der Waals surface area contributed by atoms with Gasteiger partial charge in [0, 0.05) is 11.3 Å². The average Bonchev–Trinajstić information content (AvgIpc) is 3.29. The van der Waals surface area contributed by atoms with Gasteiger partial charge in [0.1, 0.15) is 11.0 Å². The molecule has 1 heterocycles. The van der Waals surface area contributed by atoms with Crippen molar-refractivity contribution in [3.8, 4) is 10.6 Å². The van der Waals surface area contributed by atoms with Gasteiger partial charge in [0.05, 0.1) is 11.1 Å². The number of rotatable bonds is 7. The normalized spacial score (nSPS) is 13.5. The van der Waals surface area contributed by atoms with Crippen molar-refractivity contribution in [1.29, 1.82) is 0 Å². The molecule has 3 aromatic rings. The van der Waals surface area contributed by atoms with Crippen LogP contribution in [0, 0.1) is 5.92 Å². The maximum Gasteiger partial charge on any atom is 0.416 e. The molecule has 1 aromatic heterocycles. The Morgan fingerprint density at radius 2 is 1.51 bits per heavy atom. The van der Waals surface area contributed by atoms with Crippen LogP contribution in [-0.4, -0.2) is 28.2 Å². The van der Waals surface area contributed by atoms with Crippen LogP contribution in [0.2, 0.25) is 0 Å². The molecule has 0 bridgehead atoms. The minimum Gasteiger partial charge on any atom is -0.326 e. The van der Waals surface area contributed by atoms with Gasteiger partial charge in [-0.3, -0.25) is 10.1 Å². The Morgan fingerprint density at radius 3 is 2.05 bits per heavy atom. The van der Waals surface area contributed by atoms with E-state index in [2.05, 4.69) is 20.8 Å². The third kappa shape index (κ3) is 7.41. The van der Waals surface area contributed by atoms with Gasteiger partial charge in [0.2, 0.25) is 11.0 Å². The number of anilines is 2. The summed E-state index contributed by atoms with van der Waals surface area (Å²) in [6.45, 7) is 3.39. The van der Waals surface area contributed by atoms with Crippen molar-refractivity contribution < 1.29 is 35.9 Å². The van der Waals surface area contributed by atoms with E-state index in [-0.39, 0.29) is 11.2 Å². The highest BCUT2D eigenvalue weighted by atomic mass is 32.1. The van der Waals surface area contributed by atoms with Crippen LogP contribution in [0.4, 0.5) is 42.0 Å². The van der Waals surface area contributed by atoms with Crippen molar-refractivity contribution in [2.45, 2.75) is 38.7 Å². The lowest BCUT2D eigenvalue weighted by atomic mass is 9.98. The lowest BCUT2D eigenvalue weighted by Crippen LogP contribution is -2.49. The first-order valence-electron chi connectivity index (χ1n) is 10.8. The van der Waals surface area contributed by atoms with Gasteiger partial charge in [-0.15, -0.1) is 10.2 Å². The maximum absolute atomic E-state index is 13.1. The van der Waals surface area contributed by atoms with E-state index >= 15 is 0 Å². The molecular formula is C23H21F6N5O2S. The second kappa shape index (κ2) is 11.2. The predicted molar refractivity (Wildman–Crippen MR) is 126 cm³/mol. The number of halogens is 6. The molecule has 2 aromatic carbocycles. The predicted octanol–water partition coefficient (Wildman–Crippen LogP) is 6.42. The van der Waals surface area contributed by atoms with Crippen molar-refractivity contribution in [1.82, 2.24) is 15.5 Å². The minimum absolute atomic E-state index is 0.0513. The maximum atomic E-state index is 13.1. The van der Waals surface area contributed by atoms with Crippen LogP contribution in [0.15, 0.2) is 48.5 Å². The lowest BCUT2D eigenvalue weighted by Gasteiger charge is -2.23. The summed E-state index contributed by atoms with van der Waals surface area (Å²) in [5.74, 6) is -1.13. The zero-order valence-electron chi connectivity index (χ0n) is 19.4. The summed E-state index contributed by atoms with van der Waals surface area (Å²) in [7, 11) is 0. The third-order valence-electron chi connectivity index (χ3n) is 5.30. The Labute approximate surface area is 211 Å². The Balaban J connectivity index is 1.76. The van der Waals surface area contributed by atoms with Crippen LogP contribution in [0.5, 0.6) is 0 Å². The van der Waals surface area contributed by atoms with Crippen molar-refractivity contribution in [2.75, 3.05) is 10.6 Å². The molecule has 198 valence electrons. The van der Waals surface area contributed by atoms with Gasteiger partial charge in [-0.1, -0.05) is 61.9 Å². The Morgan fingerprint density at radius 1 is 0.919 bits per heavy atom. The molecule has 0 saturated carbocycles. The Kier molecular flexibility index (Phi) is 8.41. The van der Waals surface area contributed by atoms with E-state index in [1.807, 2.05) is 11.4 Å². The number of hydrogen-bond acceptors (Lipinski definition) is 5. The zero-order valence-corrected chi connectivity index (χ0v) is 20.2. The molecular weight excluding hydrogens is 524 g/mol. The van der Waals surface area contributed by atoms with Crippen molar-refractivity contribution in [3.63, 3.8) is 0 Å². The van der Waals surface area contributed by atoms with E-state index in [4.69, 9.17) is 0 Å². The van der Waals surface area contributed by atoms with Crippen LogP contribution >= 0.6 is 11.3 Å². The summed E-state index contributed by atoms with van der Waals surface area (Å²) in [6.07, 6.45) is -9.73. The van der Waals surface area contributed by atoms with Gasteiger partial charge >= 0.3 is 18.4 Å². The van der Waals surface area contributed by atoms with Gasteiger partial charge < -0.3 is 10.6 Å². The van der Waals surface area contributed by atoms with Crippen LogP contribution in [-0.2, 0) is 17.1 Å². The fraction of sp³-hybridized carbons (Fsp3) is 0.304. The largest absolute Gasteiger partial charge is 0.416 e. The fourth-order valence-corrected chi connectivity index (χ4v) is 3.94. The molecule has 2 atom stereocenters. The number of nitrogens with one attached hydrogen (secondary N) is 3. The number of amides is 3. The summed E-state index contributed by atoms with van der Waals surface area (Å²) in [4.78, 5) is 25.4. The number of carbonyl (C=O) groups is 2. The van der Waals surface area contributed by atoms with Crippen LogP contribution in [0.3, 0.4) is 0 Å². The molecule has 0 aliphatic rings. The lowest BCUT2D eigenvalue weighted by molar-refractivity contribution is -0.143. The second-order valence-electron chi connectivity index (χ2n) is 8.02. The first-order valence-corrected chi connectivity index (χ1v) is 11.7. The first-order chi connectivity index (χ1) is 17.3. The smallest absolute Gasteiger partial charge is 0.326 e. The van der Waals surface area contributed by atoms with Gasteiger partial charge in [0.25, 0.3) is 0 Å². The van der Waals surface area contributed by atoms with Gasteiger partial charge in [0.15, 0.2) is 0 Å². The highest BCUT2D eigenvalue weighted by Crippen LogP contribution is 2.37. The van der Waals surface area contributed by atoms with Crippen molar-refractivity contribution in [3.05, 3.63) is 59.7 Å². The van der Waals surface area contributed by atoms with Crippen LogP contribution in [0.25, 0.3) is 10.6 Å². The molecule has 7 nitrogen and oxygen atoms in total. The van der Waals surface area contributed by atoms with Gasteiger partial charge in [-0.05, 0) is 24.1 Å². The summed E-state index contributed by atoms with van der Waals surface area (Å²) in [6, 6.07) is 7.40. The number of carbonyl (C=O) groups excluding carboxylic acids is 2. The number of alkyl halides is 6. The highest BCUT2D eigenvalue weighted by molar-refractivity contribution is 7.18. The molecule has 0 unspecified atom stereocenters. The molecule has 3 rings (SSSR count). The molecule has 37 heavy (non-hydrogen) atoms. The van der Waals surface area contributed by atoms with Crippen LogP contribution in [0.1, 0.15) is 31.4 Å². The standard InChI is InChI=1S/C23H21F6N5O2S/c1-3-12(2)17(18(35)32-21-34-33-19(37-21)13-7-5-4-6-8-13)31-20(36)30-16-10-14(22(24,25)26)9-15(11-16)23(27,28)29/h4-12,17H,3H2,1-2H3,(H2,30,31,36)(H,32,34,35)/t12-,17-/m1/s1.